The van der Waals surface area contributed by atoms with E-state index in [9.17, 15) is 24.3 Å². The van der Waals surface area contributed by atoms with Gasteiger partial charge in [0.15, 0.2) is 11.9 Å². The lowest BCUT2D eigenvalue weighted by Gasteiger charge is -2.59. The molecule has 1 aromatic carbocycles. The van der Waals surface area contributed by atoms with Crippen molar-refractivity contribution in [2.24, 2.45) is 29.6 Å². The molecule has 13 heteroatoms. The number of fused-ring (bicyclic) bond motifs is 2. The minimum absolute atomic E-state index is 0.0148. The monoisotopic (exact) mass is 688 g/mol. The van der Waals surface area contributed by atoms with Gasteiger partial charge in [0, 0.05) is 31.1 Å². The summed E-state index contributed by atoms with van der Waals surface area (Å²) in [6, 6.07) is 4.33. The molecule has 10 unspecified atom stereocenters. The summed E-state index contributed by atoms with van der Waals surface area (Å²) in [6.45, 7) is 11.7. The minimum atomic E-state index is -1.01. The predicted octanol–water partition coefficient (Wildman–Crippen LogP) is 4.04. The summed E-state index contributed by atoms with van der Waals surface area (Å²) in [5, 5.41) is 15.1. The van der Waals surface area contributed by atoms with Gasteiger partial charge in [-0.05, 0) is 75.0 Å². The van der Waals surface area contributed by atoms with Gasteiger partial charge in [0.2, 0.25) is 23.9 Å². The molecule has 2 bridgehead atoms. The molecule has 10 atom stereocenters. The van der Waals surface area contributed by atoms with E-state index >= 15 is 0 Å². The van der Waals surface area contributed by atoms with Crippen LogP contribution in [0.15, 0.2) is 24.3 Å². The van der Waals surface area contributed by atoms with Crippen LogP contribution in [0.2, 0.25) is 0 Å². The number of hydrogen-bond acceptors (Lipinski definition) is 11. The highest BCUT2D eigenvalue weighted by molar-refractivity contribution is 5.91. The molecule has 4 aliphatic heterocycles. The third kappa shape index (κ3) is 8.22. The van der Waals surface area contributed by atoms with Gasteiger partial charge in [-0.15, -0.1) is 0 Å². The highest BCUT2D eigenvalue weighted by Crippen LogP contribution is 2.60. The van der Waals surface area contributed by atoms with E-state index in [2.05, 4.69) is 17.6 Å². The van der Waals surface area contributed by atoms with Gasteiger partial charge in [0.05, 0.1) is 13.0 Å². The van der Waals surface area contributed by atoms with E-state index in [1.165, 1.54) is 12.1 Å². The first-order chi connectivity index (χ1) is 23.2. The third-order valence-electron chi connectivity index (χ3n) is 10.5. The summed E-state index contributed by atoms with van der Waals surface area (Å²) >= 11 is 0. The lowest BCUT2D eigenvalue weighted by molar-refractivity contribution is -0.576. The number of carbonyl (C=O) groups excluding carboxylic acids is 4. The van der Waals surface area contributed by atoms with Gasteiger partial charge in [-0.3, -0.25) is 14.4 Å². The van der Waals surface area contributed by atoms with Crippen LogP contribution in [0.25, 0.3) is 0 Å². The van der Waals surface area contributed by atoms with Crippen LogP contribution in [0, 0.1) is 29.6 Å². The van der Waals surface area contributed by atoms with Gasteiger partial charge in [-0.2, -0.15) is 0 Å². The molecule has 6 rings (SSSR count). The molecule has 3 N–H and O–H groups in total. The number of rotatable bonds is 13. The summed E-state index contributed by atoms with van der Waals surface area (Å²) < 4.78 is 23.7. The Bertz CT molecular complexity index is 1350. The fourth-order valence-corrected chi connectivity index (χ4v) is 7.96. The Hall–Kier alpha value is -3.26. The molecule has 4 heterocycles. The molecular formula is C36H52N2O11. The Morgan fingerprint density at radius 3 is 2.41 bits per heavy atom. The summed E-state index contributed by atoms with van der Waals surface area (Å²) in [5.74, 6) is -2.74. The minimum Gasteiger partial charge on any atom is -0.508 e. The summed E-state index contributed by atoms with van der Waals surface area (Å²) in [4.78, 5) is 64.3. The SMILES string of the molecule is CCOC(=O)C(Cc1ccc(O)cc1)NC(=O)C(CC(C)C)NC(=O)CCC(=O)OC1OC2OC3(C)CCC4C(C)CCC(C1C)C24OO3. The van der Waals surface area contributed by atoms with Crippen molar-refractivity contribution in [2.45, 2.75) is 129 Å². The van der Waals surface area contributed by atoms with E-state index in [-0.39, 0.29) is 55.3 Å². The highest BCUT2D eigenvalue weighted by Gasteiger charge is 2.69. The maximum Gasteiger partial charge on any atom is 0.328 e. The molecule has 272 valence electrons. The van der Waals surface area contributed by atoms with Gasteiger partial charge in [0.25, 0.3) is 0 Å². The predicted molar refractivity (Wildman–Crippen MR) is 174 cm³/mol. The zero-order chi connectivity index (χ0) is 35.5. The Kier molecular flexibility index (Phi) is 11.6. The van der Waals surface area contributed by atoms with E-state index in [0.717, 1.165) is 19.3 Å². The fraction of sp³-hybridized carbons (Fsp3) is 0.722. The van der Waals surface area contributed by atoms with Gasteiger partial charge < -0.3 is 34.7 Å². The van der Waals surface area contributed by atoms with Crippen LogP contribution in [0.3, 0.4) is 0 Å². The lowest BCUT2D eigenvalue weighted by Crippen LogP contribution is -2.70. The number of phenols is 1. The van der Waals surface area contributed by atoms with Gasteiger partial charge in [-0.25, -0.2) is 14.6 Å². The Morgan fingerprint density at radius 1 is 0.980 bits per heavy atom. The lowest BCUT2D eigenvalue weighted by atomic mass is 9.58. The third-order valence-corrected chi connectivity index (χ3v) is 10.5. The van der Waals surface area contributed by atoms with Crippen molar-refractivity contribution in [3.05, 3.63) is 29.8 Å². The van der Waals surface area contributed by atoms with Gasteiger partial charge >= 0.3 is 11.9 Å². The van der Waals surface area contributed by atoms with Crippen molar-refractivity contribution >= 4 is 23.8 Å². The first kappa shape index (κ1) is 37.0. The van der Waals surface area contributed by atoms with E-state index in [0.29, 0.717) is 24.3 Å². The molecule has 0 radical (unpaired) electrons. The maximum atomic E-state index is 13.4. The topological polar surface area (TPSA) is 168 Å². The molecule has 4 saturated heterocycles. The number of nitrogens with one attached hydrogen (secondary N) is 2. The van der Waals surface area contributed by atoms with Crippen molar-refractivity contribution in [3.8, 4) is 5.75 Å². The number of benzene rings is 1. The molecule has 49 heavy (non-hydrogen) atoms. The van der Waals surface area contributed by atoms with E-state index < -0.39 is 59.8 Å². The Morgan fingerprint density at radius 2 is 1.71 bits per heavy atom. The summed E-state index contributed by atoms with van der Waals surface area (Å²) in [5.41, 5.74) is -0.0744. The quantitative estimate of drug-likeness (QED) is 0.202. The van der Waals surface area contributed by atoms with Crippen LogP contribution in [-0.4, -0.2) is 71.5 Å². The maximum absolute atomic E-state index is 13.4. The molecular weight excluding hydrogens is 636 g/mol. The second kappa shape index (κ2) is 15.3. The average Bonchev–Trinajstić information content (AvgIpc) is 3.28. The second-order valence-electron chi connectivity index (χ2n) is 14.7. The first-order valence-corrected chi connectivity index (χ1v) is 17.7. The summed E-state index contributed by atoms with van der Waals surface area (Å²) in [6.07, 6.45) is 1.78. The number of esters is 2. The highest BCUT2D eigenvalue weighted by atomic mass is 17.3. The Labute approximate surface area is 288 Å². The largest absolute Gasteiger partial charge is 0.508 e. The van der Waals surface area contributed by atoms with Crippen molar-refractivity contribution in [2.75, 3.05) is 6.61 Å². The average molecular weight is 689 g/mol. The van der Waals surface area contributed by atoms with Crippen molar-refractivity contribution in [3.63, 3.8) is 0 Å². The zero-order valence-corrected chi connectivity index (χ0v) is 29.4. The Balaban J connectivity index is 1.18. The van der Waals surface area contributed by atoms with Crippen molar-refractivity contribution in [1.29, 1.82) is 0 Å². The van der Waals surface area contributed by atoms with E-state index in [1.807, 2.05) is 27.7 Å². The van der Waals surface area contributed by atoms with E-state index in [1.54, 1.807) is 19.1 Å². The van der Waals surface area contributed by atoms with Crippen LogP contribution >= 0.6 is 0 Å². The molecule has 13 nitrogen and oxygen atoms in total. The van der Waals surface area contributed by atoms with Crippen LogP contribution in [0.1, 0.15) is 92.1 Å². The second-order valence-corrected chi connectivity index (χ2v) is 14.7. The molecule has 2 amide bonds. The molecule has 1 saturated carbocycles. The van der Waals surface area contributed by atoms with Crippen LogP contribution < -0.4 is 10.6 Å². The number of carbonyl (C=O) groups is 4. The van der Waals surface area contributed by atoms with Gasteiger partial charge in [0.1, 0.15) is 17.8 Å². The standard InChI is InChI=1S/C36H52N2O11/c1-7-44-32(43)28(19-23-9-11-24(39)12-10-23)38-31(42)27(18-20(2)3)37-29(40)14-15-30(41)45-33-22(5)26-13-8-21(4)25-16-17-35(6)47-34(46-33)36(25,26)49-48-35/h9-12,20-22,25-28,33-34,39H,7-8,13-19H2,1-6H3,(H,37,40)(H,38,42). The van der Waals surface area contributed by atoms with Gasteiger partial charge in [-0.1, -0.05) is 39.8 Å². The summed E-state index contributed by atoms with van der Waals surface area (Å²) in [7, 11) is 0. The zero-order valence-electron chi connectivity index (χ0n) is 29.4. The molecule has 5 aliphatic rings. The fourth-order valence-electron chi connectivity index (χ4n) is 7.96. The first-order valence-electron chi connectivity index (χ1n) is 17.7. The molecule has 0 aromatic heterocycles. The van der Waals surface area contributed by atoms with E-state index in [4.69, 9.17) is 28.7 Å². The van der Waals surface area contributed by atoms with Crippen LogP contribution in [0.5, 0.6) is 5.75 Å². The number of hydrogen-bond donors (Lipinski definition) is 3. The van der Waals surface area contributed by atoms with Crippen LogP contribution in [0.4, 0.5) is 0 Å². The van der Waals surface area contributed by atoms with Crippen molar-refractivity contribution in [1.82, 2.24) is 10.6 Å². The number of aromatic hydroxyl groups is 1. The molecule has 1 aliphatic carbocycles. The van der Waals surface area contributed by atoms with Crippen molar-refractivity contribution < 1.29 is 53.0 Å². The molecule has 1 aromatic rings. The molecule has 1 spiro atoms. The number of amides is 2. The normalized spacial score (nSPS) is 33.0. The smallest absolute Gasteiger partial charge is 0.328 e. The van der Waals surface area contributed by atoms with Crippen LogP contribution in [-0.2, 0) is 54.3 Å². The number of ether oxygens (including phenoxy) is 4. The molecule has 5 fully saturated rings. The number of phenolic OH excluding ortho intramolecular Hbond substituents is 1.